The number of anilines is 1. The summed E-state index contributed by atoms with van der Waals surface area (Å²) in [7, 11) is -3.70. The molecule has 9 nitrogen and oxygen atoms in total. The number of nitro groups is 1. The molecule has 4 N–H and O–H groups in total. The molecule has 0 bridgehead atoms. The number of para-hydroxylation sites is 1. The van der Waals surface area contributed by atoms with Crippen LogP contribution in [0.1, 0.15) is 10.4 Å². The number of rotatable bonds is 6. The molecule has 0 aromatic heterocycles. The van der Waals surface area contributed by atoms with Crippen LogP contribution in [0.15, 0.2) is 18.2 Å². The van der Waals surface area contributed by atoms with Crippen LogP contribution in [0.4, 0.5) is 11.4 Å². The summed E-state index contributed by atoms with van der Waals surface area (Å²) >= 11 is 0. The van der Waals surface area contributed by atoms with Crippen molar-refractivity contribution in [3.8, 4) is 0 Å². The summed E-state index contributed by atoms with van der Waals surface area (Å²) in [6, 6.07) is 3.69. The lowest BCUT2D eigenvalue weighted by molar-refractivity contribution is -0.384. The molecular weight excluding hydrogens is 278 g/mol. The summed E-state index contributed by atoms with van der Waals surface area (Å²) < 4.78 is 21.5. The Bertz CT molecular complexity index is 612. The van der Waals surface area contributed by atoms with Crippen molar-refractivity contribution in [1.29, 1.82) is 0 Å². The van der Waals surface area contributed by atoms with E-state index in [1.165, 1.54) is 12.1 Å². The summed E-state index contributed by atoms with van der Waals surface area (Å²) in [6.45, 7) is -0.164. The van der Waals surface area contributed by atoms with Gasteiger partial charge in [0, 0.05) is 6.54 Å². The lowest BCUT2D eigenvalue weighted by atomic mass is 10.1. The number of benzene rings is 1. The molecule has 1 aromatic rings. The Morgan fingerprint density at radius 2 is 2.11 bits per heavy atom. The van der Waals surface area contributed by atoms with Crippen molar-refractivity contribution in [3.63, 3.8) is 0 Å². The van der Waals surface area contributed by atoms with Crippen LogP contribution in [0.3, 0.4) is 0 Å². The second-order valence-corrected chi connectivity index (χ2v) is 5.29. The number of aromatic carboxylic acids is 1. The zero-order valence-corrected chi connectivity index (χ0v) is 10.4. The average Bonchev–Trinajstić information content (AvgIpc) is 2.26. The van der Waals surface area contributed by atoms with Gasteiger partial charge in [-0.2, -0.15) is 0 Å². The van der Waals surface area contributed by atoms with Crippen LogP contribution in [0, 0.1) is 10.1 Å². The minimum atomic E-state index is -3.70. The van der Waals surface area contributed by atoms with Gasteiger partial charge in [-0.25, -0.2) is 18.4 Å². The largest absolute Gasteiger partial charge is 0.477 e. The molecule has 0 aliphatic heterocycles. The van der Waals surface area contributed by atoms with Crippen molar-refractivity contribution in [2.75, 3.05) is 17.6 Å². The molecule has 19 heavy (non-hydrogen) atoms. The maximum atomic E-state index is 10.9. The molecule has 0 fully saturated rings. The zero-order chi connectivity index (χ0) is 14.6. The Labute approximate surface area is 108 Å². The van der Waals surface area contributed by atoms with Crippen LogP contribution < -0.4 is 10.5 Å². The number of nitrogens with zero attached hydrogens (tertiary/aromatic N) is 1. The average molecular weight is 289 g/mol. The predicted molar refractivity (Wildman–Crippen MR) is 66.5 cm³/mol. The quantitative estimate of drug-likeness (QED) is 0.491. The maximum Gasteiger partial charge on any atom is 0.342 e. The van der Waals surface area contributed by atoms with Gasteiger partial charge in [-0.15, -0.1) is 0 Å². The Balaban J connectivity index is 3.04. The number of carboxylic acids is 1. The number of nitrogens with one attached hydrogen (secondary N) is 1. The standard InChI is InChI=1S/C9H11N3O6S/c10-19(17,18)5-4-11-7-3-1-2-6(9(13)14)8(7)12(15)16/h1-3,11H,4-5H2,(H,13,14)(H2,10,17,18). The first-order valence-corrected chi connectivity index (χ1v) is 6.69. The lowest BCUT2D eigenvalue weighted by Crippen LogP contribution is -2.22. The van der Waals surface area contributed by atoms with Gasteiger partial charge >= 0.3 is 11.7 Å². The minimum Gasteiger partial charge on any atom is -0.477 e. The number of hydrogen-bond acceptors (Lipinski definition) is 6. The zero-order valence-electron chi connectivity index (χ0n) is 9.57. The van der Waals surface area contributed by atoms with Crippen molar-refractivity contribution in [2.45, 2.75) is 0 Å². The summed E-state index contributed by atoms with van der Waals surface area (Å²) in [5.74, 6) is -1.87. The topological polar surface area (TPSA) is 153 Å². The van der Waals surface area contributed by atoms with Gasteiger partial charge in [-0.1, -0.05) is 6.07 Å². The minimum absolute atomic E-state index is 0.0754. The molecule has 0 atom stereocenters. The van der Waals surface area contributed by atoms with E-state index in [-0.39, 0.29) is 12.2 Å². The lowest BCUT2D eigenvalue weighted by Gasteiger charge is -2.07. The Morgan fingerprint density at radius 1 is 1.47 bits per heavy atom. The van der Waals surface area contributed by atoms with Crippen LogP contribution in [-0.4, -0.2) is 36.7 Å². The molecule has 0 heterocycles. The highest BCUT2D eigenvalue weighted by molar-refractivity contribution is 7.89. The van der Waals surface area contributed by atoms with Crippen LogP contribution in [0.2, 0.25) is 0 Å². The number of carboxylic acid groups (broad SMARTS) is 1. The molecule has 0 aliphatic rings. The number of sulfonamides is 1. The van der Waals surface area contributed by atoms with Crippen molar-refractivity contribution < 1.29 is 23.2 Å². The van der Waals surface area contributed by atoms with Gasteiger partial charge in [-0.3, -0.25) is 10.1 Å². The first-order valence-electron chi connectivity index (χ1n) is 4.97. The number of nitrogens with two attached hydrogens (primary N) is 1. The fraction of sp³-hybridized carbons (Fsp3) is 0.222. The normalized spacial score (nSPS) is 11.0. The molecule has 0 radical (unpaired) electrons. The fourth-order valence-electron chi connectivity index (χ4n) is 1.38. The Morgan fingerprint density at radius 3 is 2.58 bits per heavy atom. The van der Waals surface area contributed by atoms with E-state index in [1.807, 2.05) is 0 Å². The van der Waals surface area contributed by atoms with Crippen LogP contribution in [-0.2, 0) is 10.0 Å². The van der Waals surface area contributed by atoms with Gasteiger partial charge in [0.05, 0.1) is 10.7 Å². The van der Waals surface area contributed by atoms with Crippen LogP contribution >= 0.6 is 0 Å². The third-order valence-corrected chi connectivity index (χ3v) is 2.92. The molecule has 1 rings (SSSR count). The van der Waals surface area contributed by atoms with Gasteiger partial charge in [0.2, 0.25) is 10.0 Å². The third-order valence-electron chi connectivity index (χ3n) is 2.15. The molecule has 0 unspecified atom stereocenters. The first-order chi connectivity index (χ1) is 8.72. The van der Waals surface area contributed by atoms with Crippen molar-refractivity contribution in [2.24, 2.45) is 5.14 Å². The SMILES string of the molecule is NS(=O)(=O)CCNc1cccc(C(=O)O)c1[N+](=O)[O-]. The third kappa shape index (κ3) is 4.19. The number of hydrogen-bond donors (Lipinski definition) is 3. The number of primary sulfonamides is 1. The maximum absolute atomic E-state index is 10.9. The highest BCUT2D eigenvalue weighted by Gasteiger charge is 2.23. The number of nitro benzene ring substituents is 1. The van der Waals surface area contributed by atoms with Gasteiger partial charge in [-0.05, 0) is 12.1 Å². The van der Waals surface area contributed by atoms with E-state index in [0.717, 1.165) is 6.07 Å². The monoisotopic (exact) mass is 289 g/mol. The molecule has 0 saturated carbocycles. The van der Waals surface area contributed by atoms with E-state index < -0.39 is 37.9 Å². The van der Waals surface area contributed by atoms with Crippen LogP contribution in [0.5, 0.6) is 0 Å². The van der Waals surface area contributed by atoms with Crippen molar-refractivity contribution in [1.82, 2.24) is 0 Å². The molecule has 0 amide bonds. The highest BCUT2D eigenvalue weighted by Crippen LogP contribution is 2.28. The van der Waals surface area contributed by atoms with Gasteiger partial charge < -0.3 is 10.4 Å². The Hall–Kier alpha value is -2.20. The summed E-state index contributed by atoms with van der Waals surface area (Å²) in [4.78, 5) is 20.9. The van der Waals surface area contributed by atoms with Gasteiger partial charge in [0.25, 0.3) is 0 Å². The van der Waals surface area contributed by atoms with Crippen molar-refractivity contribution >= 4 is 27.4 Å². The second kappa shape index (κ2) is 5.63. The predicted octanol–water partition coefficient (Wildman–Crippen LogP) is -0.00660. The molecule has 1 aromatic carbocycles. The van der Waals surface area contributed by atoms with E-state index >= 15 is 0 Å². The first kappa shape index (κ1) is 14.9. The molecule has 0 spiro atoms. The smallest absolute Gasteiger partial charge is 0.342 e. The van der Waals surface area contributed by atoms with Gasteiger partial charge in [0.15, 0.2) is 0 Å². The number of carbonyl (C=O) groups is 1. The van der Waals surface area contributed by atoms with E-state index in [4.69, 9.17) is 10.2 Å². The molecule has 0 saturated heterocycles. The second-order valence-electron chi connectivity index (χ2n) is 3.56. The molecule has 104 valence electrons. The molecule has 0 aliphatic carbocycles. The summed E-state index contributed by atoms with van der Waals surface area (Å²) in [6.07, 6.45) is 0. The summed E-state index contributed by atoms with van der Waals surface area (Å²) in [5, 5.41) is 27.0. The van der Waals surface area contributed by atoms with Crippen LogP contribution in [0.25, 0.3) is 0 Å². The van der Waals surface area contributed by atoms with E-state index in [1.54, 1.807) is 0 Å². The highest BCUT2D eigenvalue weighted by atomic mass is 32.2. The molecular formula is C9H11N3O6S. The van der Waals surface area contributed by atoms with E-state index in [2.05, 4.69) is 5.32 Å². The van der Waals surface area contributed by atoms with Gasteiger partial charge in [0.1, 0.15) is 11.3 Å². The van der Waals surface area contributed by atoms with E-state index in [9.17, 15) is 23.3 Å². The summed E-state index contributed by atoms with van der Waals surface area (Å²) in [5.41, 5.74) is -1.18. The fourth-order valence-corrected chi connectivity index (χ4v) is 1.77. The Kier molecular flexibility index (Phi) is 4.40. The molecule has 10 heteroatoms. The van der Waals surface area contributed by atoms with Crippen molar-refractivity contribution in [3.05, 3.63) is 33.9 Å². The van der Waals surface area contributed by atoms with E-state index in [0.29, 0.717) is 0 Å².